The number of hydrogen-bond donors (Lipinski definition) is 0. The maximum atomic E-state index is 14.6. The highest BCUT2D eigenvalue weighted by molar-refractivity contribution is 6.14. The molecule has 0 bridgehead atoms. The Morgan fingerprint density at radius 2 is 0.700 bits per heavy atom. The second-order valence-electron chi connectivity index (χ2n) is 14.9. The predicted octanol–water partition coefficient (Wildman–Crippen LogP) is 12.5. The Bertz CT molecular complexity index is 2420. The van der Waals surface area contributed by atoms with Gasteiger partial charge in [-0.15, -0.1) is 0 Å². The molecule has 7 aromatic carbocycles. The predicted molar refractivity (Wildman–Crippen MR) is 208 cm³/mol. The molecule has 0 aromatic heterocycles. The highest BCUT2D eigenvalue weighted by Gasteiger charge is 2.38. The lowest BCUT2D eigenvalue weighted by Crippen LogP contribution is -2.30. The van der Waals surface area contributed by atoms with Crippen molar-refractivity contribution in [3.05, 3.63) is 191 Å². The third kappa shape index (κ3) is 4.65. The van der Waals surface area contributed by atoms with E-state index in [2.05, 4.69) is 185 Å². The van der Waals surface area contributed by atoms with Crippen LogP contribution in [0.5, 0.6) is 0 Å². The fourth-order valence-electron chi connectivity index (χ4n) is 8.48. The maximum absolute atomic E-state index is 14.6. The highest BCUT2D eigenvalue weighted by atomic mass is 16.1. The number of ketones is 1. The molecular formula is C49H38O. The van der Waals surface area contributed by atoms with Crippen LogP contribution in [0.3, 0.4) is 0 Å². The van der Waals surface area contributed by atoms with E-state index in [9.17, 15) is 4.79 Å². The van der Waals surface area contributed by atoms with Gasteiger partial charge >= 0.3 is 0 Å². The first-order valence-corrected chi connectivity index (χ1v) is 17.5. The van der Waals surface area contributed by atoms with Crippen molar-refractivity contribution in [1.82, 2.24) is 0 Å². The number of carbonyl (C=O) groups excluding carboxylic acids is 1. The van der Waals surface area contributed by atoms with Crippen LogP contribution >= 0.6 is 0 Å². The van der Waals surface area contributed by atoms with Crippen molar-refractivity contribution in [2.24, 2.45) is 0 Å². The summed E-state index contributed by atoms with van der Waals surface area (Å²) in [5.41, 5.74) is 17.7. The molecule has 50 heavy (non-hydrogen) atoms. The summed E-state index contributed by atoms with van der Waals surface area (Å²) in [5.74, 6) is 0.0921. The number of fused-ring (bicyclic) bond motifs is 5. The van der Waals surface area contributed by atoms with E-state index in [-0.39, 0.29) is 16.6 Å². The summed E-state index contributed by atoms with van der Waals surface area (Å²) < 4.78 is 0. The van der Waals surface area contributed by atoms with Crippen molar-refractivity contribution in [3.63, 3.8) is 0 Å². The minimum atomic E-state index is -0.321. The molecule has 1 heteroatoms. The van der Waals surface area contributed by atoms with E-state index >= 15 is 0 Å². The molecule has 2 aliphatic rings. The zero-order valence-corrected chi connectivity index (χ0v) is 28.9. The third-order valence-electron chi connectivity index (χ3n) is 11.3. The molecule has 0 fully saturated rings. The minimum Gasteiger partial charge on any atom is -0.289 e. The Kier molecular flexibility index (Phi) is 6.73. The van der Waals surface area contributed by atoms with E-state index in [4.69, 9.17) is 0 Å². The second-order valence-corrected chi connectivity index (χ2v) is 14.9. The first-order valence-electron chi connectivity index (χ1n) is 17.5. The van der Waals surface area contributed by atoms with Crippen LogP contribution in [0.4, 0.5) is 0 Å². The fraction of sp³-hybridized carbons (Fsp3) is 0.122. The summed E-state index contributed by atoms with van der Waals surface area (Å²) >= 11 is 0. The zero-order valence-electron chi connectivity index (χ0n) is 28.9. The van der Waals surface area contributed by atoms with Crippen molar-refractivity contribution >= 4 is 5.78 Å². The molecule has 0 saturated heterocycles. The first-order chi connectivity index (χ1) is 24.2. The maximum Gasteiger partial charge on any atom is 0.193 e. The summed E-state index contributed by atoms with van der Waals surface area (Å²) in [6.07, 6.45) is 0. The van der Waals surface area contributed by atoms with Gasteiger partial charge in [0.2, 0.25) is 0 Å². The molecule has 0 unspecified atom stereocenters. The quantitative estimate of drug-likeness (QED) is 0.187. The Labute approximate surface area is 294 Å². The normalized spacial score (nSPS) is 14.8. The summed E-state index contributed by atoms with van der Waals surface area (Å²) in [4.78, 5) is 14.6. The molecule has 0 radical (unpaired) electrons. The van der Waals surface area contributed by atoms with Gasteiger partial charge in [0.25, 0.3) is 0 Å². The minimum absolute atomic E-state index is 0.0819. The average Bonchev–Trinajstić information content (AvgIpc) is 3.39. The third-order valence-corrected chi connectivity index (χ3v) is 11.3. The molecule has 0 saturated carbocycles. The topological polar surface area (TPSA) is 17.1 Å². The largest absolute Gasteiger partial charge is 0.289 e. The van der Waals surface area contributed by atoms with Gasteiger partial charge in [0.05, 0.1) is 0 Å². The SMILES string of the molecule is CC1(C)c2ccc(-c3cc(-c4ccccc4)cc(-c4ccccc4)c3)cc2C(=O)c2cc(-c3ccc4c(c3)C(C)(C)c3ccccc3-4)ccc21. The van der Waals surface area contributed by atoms with Gasteiger partial charge < -0.3 is 0 Å². The first kappa shape index (κ1) is 30.3. The standard InChI is InChI=1S/C49H38O/c1-48(2)44-23-20-33(35-19-22-40-39-17-11-12-18-43(39)49(3,4)46(40)30-35)28-41(44)47(50)42-29-34(21-24-45(42)48)38-26-36(31-13-7-5-8-14-31)25-37(27-38)32-15-9-6-10-16-32/h5-30H,1-4H3. The van der Waals surface area contributed by atoms with E-state index in [0.29, 0.717) is 0 Å². The molecule has 0 N–H and O–H groups in total. The van der Waals surface area contributed by atoms with Crippen molar-refractivity contribution in [1.29, 1.82) is 0 Å². The van der Waals surface area contributed by atoms with Crippen LogP contribution < -0.4 is 0 Å². The Morgan fingerprint density at radius 3 is 1.28 bits per heavy atom. The van der Waals surface area contributed by atoms with E-state index in [1.54, 1.807) is 0 Å². The molecule has 0 spiro atoms. The molecule has 240 valence electrons. The number of hydrogen-bond acceptors (Lipinski definition) is 1. The average molecular weight is 643 g/mol. The van der Waals surface area contributed by atoms with Gasteiger partial charge in [-0.25, -0.2) is 0 Å². The number of carbonyl (C=O) groups is 1. The lowest BCUT2D eigenvalue weighted by atomic mass is 9.67. The van der Waals surface area contributed by atoms with Crippen LogP contribution in [0.25, 0.3) is 55.6 Å². The summed E-state index contributed by atoms with van der Waals surface area (Å²) in [7, 11) is 0. The van der Waals surface area contributed by atoms with Gasteiger partial charge in [0.15, 0.2) is 5.78 Å². The lowest BCUT2D eigenvalue weighted by Gasteiger charge is -2.35. The molecule has 0 amide bonds. The molecule has 1 nitrogen and oxygen atoms in total. The van der Waals surface area contributed by atoms with Crippen LogP contribution in [-0.4, -0.2) is 5.78 Å². The zero-order chi connectivity index (χ0) is 34.2. The van der Waals surface area contributed by atoms with Crippen LogP contribution in [0.15, 0.2) is 158 Å². The van der Waals surface area contributed by atoms with Gasteiger partial charge in [0.1, 0.15) is 0 Å². The molecule has 0 atom stereocenters. The summed E-state index contributed by atoms with van der Waals surface area (Å²) in [5, 5.41) is 0. The van der Waals surface area contributed by atoms with Crippen LogP contribution in [0, 0.1) is 0 Å². The van der Waals surface area contributed by atoms with Crippen LogP contribution in [-0.2, 0) is 10.8 Å². The number of benzene rings is 7. The monoisotopic (exact) mass is 642 g/mol. The summed E-state index contributed by atoms with van der Waals surface area (Å²) in [6, 6.07) is 56.4. The van der Waals surface area contributed by atoms with Gasteiger partial charge in [0, 0.05) is 22.0 Å². The molecule has 2 aliphatic carbocycles. The fourth-order valence-corrected chi connectivity index (χ4v) is 8.48. The van der Waals surface area contributed by atoms with Gasteiger partial charge in [-0.1, -0.05) is 149 Å². The van der Waals surface area contributed by atoms with Crippen molar-refractivity contribution in [2.75, 3.05) is 0 Å². The molecular weight excluding hydrogens is 605 g/mol. The Balaban J connectivity index is 1.14. The number of rotatable bonds is 4. The van der Waals surface area contributed by atoms with Crippen LogP contribution in [0.2, 0.25) is 0 Å². The van der Waals surface area contributed by atoms with E-state index in [1.165, 1.54) is 33.4 Å². The van der Waals surface area contributed by atoms with Gasteiger partial charge in [-0.2, -0.15) is 0 Å². The smallest absolute Gasteiger partial charge is 0.193 e. The Hall–Kier alpha value is -5.79. The molecule has 0 aliphatic heterocycles. The Morgan fingerprint density at radius 1 is 0.300 bits per heavy atom. The van der Waals surface area contributed by atoms with Crippen LogP contribution in [0.1, 0.15) is 65.9 Å². The van der Waals surface area contributed by atoms with Gasteiger partial charge in [-0.3, -0.25) is 4.79 Å². The van der Waals surface area contributed by atoms with E-state index < -0.39 is 0 Å². The van der Waals surface area contributed by atoms with Crippen molar-refractivity contribution in [2.45, 2.75) is 38.5 Å². The highest BCUT2D eigenvalue weighted by Crippen LogP contribution is 2.50. The van der Waals surface area contributed by atoms with Crippen molar-refractivity contribution < 1.29 is 4.79 Å². The van der Waals surface area contributed by atoms with Crippen molar-refractivity contribution in [3.8, 4) is 55.6 Å². The second kappa shape index (κ2) is 11.1. The lowest BCUT2D eigenvalue weighted by molar-refractivity contribution is 0.103. The van der Waals surface area contributed by atoms with Gasteiger partial charge in [-0.05, 0) is 114 Å². The summed E-state index contributed by atoms with van der Waals surface area (Å²) in [6.45, 7) is 9.12. The molecule has 7 aromatic rings. The molecule has 0 heterocycles. The molecule has 9 rings (SSSR count). The van der Waals surface area contributed by atoms with E-state index in [0.717, 1.165) is 55.6 Å². The van der Waals surface area contributed by atoms with E-state index in [1.807, 2.05) is 0 Å².